The third-order valence-electron chi connectivity index (χ3n) is 2.56. The lowest BCUT2D eigenvalue weighted by molar-refractivity contribution is 0.307. The number of rotatable bonds is 6. The molecule has 2 rings (SSSR count). The lowest BCUT2D eigenvalue weighted by Crippen LogP contribution is -2.14. The number of nitrogens with one attached hydrogen (secondary N) is 2. The lowest BCUT2D eigenvalue weighted by atomic mass is 10.2. The molecule has 0 bridgehead atoms. The molecule has 0 saturated heterocycles. The van der Waals surface area contributed by atoms with Crippen LogP contribution < -0.4 is 14.9 Å². The zero-order valence-corrected chi connectivity index (χ0v) is 11.7. The second-order valence-corrected chi connectivity index (χ2v) is 4.13. The molecular formula is C12H16N4O2S. The number of aromatic nitrogens is 3. The summed E-state index contributed by atoms with van der Waals surface area (Å²) < 4.78 is 13.1. The third-order valence-corrected chi connectivity index (χ3v) is 2.85. The van der Waals surface area contributed by atoms with Crippen LogP contribution in [0.5, 0.6) is 11.5 Å². The van der Waals surface area contributed by atoms with Crippen molar-refractivity contribution in [2.75, 3.05) is 19.1 Å². The van der Waals surface area contributed by atoms with Gasteiger partial charge in [-0.15, -0.1) is 0 Å². The number of ether oxygens (including phenoxy) is 2. The molecule has 0 aliphatic heterocycles. The van der Waals surface area contributed by atoms with Gasteiger partial charge in [-0.25, -0.2) is 4.68 Å². The van der Waals surface area contributed by atoms with E-state index in [1.807, 2.05) is 25.1 Å². The first kappa shape index (κ1) is 13.4. The molecule has 102 valence electrons. The van der Waals surface area contributed by atoms with Gasteiger partial charge in [-0.05, 0) is 25.2 Å². The van der Waals surface area contributed by atoms with E-state index in [-0.39, 0.29) is 0 Å². The molecule has 0 saturated carbocycles. The average molecular weight is 280 g/mol. The van der Waals surface area contributed by atoms with Crippen LogP contribution in [0.15, 0.2) is 24.5 Å². The van der Waals surface area contributed by atoms with Crippen molar-refractivity contribution in [1.29, 1.82) is 0 Å². The van der Waals surface area contributed by atoms with Crippen LogP contribution in [0.4, 0.5) is 0 Å². The monoisotopic (exact) mass is 280 g/mol. The SMILES string of the molecule is CCOc1c(CNn2cn[nH]c2=S)cccc1OC. The van der Waals surface area contributed by atoms with Crippen molar-refractivity contribution < 1.29 is 9.47 Å². The zero-order valence-electron chi connectivity index (χ0n) is 10.8. The van der Waals surface area contributed by atoms with Crippen LogP contribution in [-0.2, 0) is 6.54 Å². The number of H-pyrrole nitrogens is 1. The Hall–Kier alpha value is -2.02. The summed E-state index contributed by atoms with van der Waals surface area (Å²) in [7, 11) is 1.63. The molecule has 1 aromatic carbocycles. The van der Waals surface area contributed by atoms with Crippen LogP contribution in [0.3, 0.4) is 0 Å². The Morgan fingerprint density at radius 3 is 2.95 bits per heavy atom. The molecule has 0 radical (unpaired) electrons. The number of aromatic amines is 1. The van der Waals surface area contributed by atoms with Crippen LogP contribution in [0, 0.1) is 4.77 Å². The molecule has 0 aliphatic rings. The Bertz CT molecular complexity index is 593. The molecule has 1 heterocycles. The summed E-state index contributed by atoms with van der Waals surface area (Å²) in [4.78, 5) is 0. The highest BCUT2D eigenvalue weighted by molar-refractivity contribution is 7.71. The molecule has 2 N–H and O–H groups in total. The van der Waals surface area contributed by atoms with E-state index >= 15 is 0 Å². The van der Waals surface area contributed by atoms with Gasteiger partial charge >= 0.3 is 0 Å². The van der Waals surface area contributed by atoms with Crippen molar-refractivity contribution in [3.63, 3.8) is 0 Å². The van der Waals surface area contributed by atoms with Gasteiger partial charge < -0.3 is 14.9 Å². The highest BCUT2D eigenvalue weighted by Crippen LogP contribution is 2.31. The average Bonchev–Trinajstić information content (AvgIpc) is 2.83. The molecule has 0 atom stereocenters. The first-order valence-electron chi connectivity index (χ1n) is 5.90. The quantitative estimate of drug-likeness (QED) is 0.793. The van der Waals surface area contributed by atoms with Gasteiger partial charge in [0, 0.05) is 5.56 Å². The van der Waals surface area contributed by atoms with Gasteiger partial charge in [-0.2, -0.15) is 5.10 Å². The summed E-state index contributed by atoms with van der Waals surface area (Å²) in [5.41, 5.74) is 4.13. The molecule has 19 heavy (non-hydrogen) atoms. The van der Waals surface area contributed by atoms with Crippen molar-refractivity contribution in [3.05, 3.63) is 34.9 Å². The summed E-state index contributed by atoms with van der Waals surface area (Å²) in [6, 6.07) is 5.77. The van der Waals surface area contributed by atoms with Gasteiger partial charge in [0.25, 0.3) is 0 Å². The Morgan fingerprint density at radius 2 is 2.32 bits per heavy atom. The Kier molecular flexibility index (Phi) is 4.40. The number of benzene rings is 1. The predicted molar refractivity (Wildman–Crippen MR) is 74.6 cm³/mol. The van der Waals surface area contributed by atoms with E-state index in [4.69, 9.17) is 21.7 Å². The standard InChI is InChI=1S/C12H16N4O2S/c1-3-18-11-9(5-4-6-10(11)17-2)7-14-16-8-13-15-12(16)19/h4-6,8,14H,3,7H2,1-2H3,(H,15,19). The first-order chi connectivity index (χ1) is 9.26. The van der Waals surface area contributed by atoms with E-state index in [1.165, 1.54) is 0 Å². The van der Waals surface area contributed by atoms with Crippen LogP contribution in [0.1, 0.15) is 12.5 Å². The summed E-state index contributed by atoms with van der Waals surface area (Å²) in [5.74, 6) is 1.46. The minimum atomic E-state index is 0.515. The second-order valence-electron chi connectivity index (χ2n) is 3.75. The number of para-hydroxylation sites is 1. The normalized spacial score (nSPS) is 10.2. The van der Waals surface area contributed by atoms with E-state index < -0.39 is 0 Å². The number of hydrogen-bond donors (Lipinski definition) is 2. The van der Waals surface area contributed by atoms with Gasteiger partial charge in [0.1, 0.15) is 6.33 Å². The minimum absolute atomic E-state index is 0.515. The molecule has 2 aromatic rings. The largest absolute Gasteiger partial charge is 0.493 e. The summed E-state index contributed by atoms with van der Waals surface area (Å²) in [5, 5.41) is 6.52. The molecular weight excluding hydrogens is 264 g/mol. The minimum Gasteiger partial charge on any atom is -0.493 e. The third kappa shape index (κ3) is 3.05. The van der Waals surface area contributed by atoms with Gasteiger partial charge in [-0.1, -0.05) is 12.1 Å². The fourth-order valence-electron chi connectivity index (χ4n) is 1.70. The summed E-state index contributed by atoms with van der Waals surface area (Å²) in [6.45, 7) is 3.08. The van der Waals surface area contributed by atoms with E-state index in [9.17, 15) is 0 Å². The van der Waals surface area contributed by atoms with Gasteiger partial charge in [0.05, 0.1) is 20.3 Å². The maximum absolute atomic E-state index is 5.64. The lowest BCUT2D eigenvalue weighted by Gasteiger charge is -2.14. The zero-order chi connectivity index (χ0) is 13.7. The Labute approximate surface area is 116 Å². The van der Waals surface area contributed by atoms with Crippen LogP contribution in [-0.4, -0.2) is 28.6 Å². The van der Waals surface area contributed by atoms with Crippen molar-refractivity contribution in [1.82, 2.24) is 14.9 Å². The Morgan fingerprint density at radius 1 is 1.47 bits per heavy atom. The molecule has 1 aromatic heterocycles. The summed E-state index contributed by atoms with van der Waals surface area (Å²) in [6.07, 6.45) is 1.59. The first-order valence-corrected chi connectivity index (χ1v) is 6.31. The van der Waals surface area contributed by atoms with Crippen molar-refractivity contribution in [2.24, 2.45) is 0 Å². The smallest absolute Gasteiger partial charge is 0.214 e. The summed E-state index contributed by atoms with van der Waals surface area (Å²) >= 11 is 5.06. The highest BCUT2D eigenvalue weighted by Gasteiger charge is 2.09. The fraction of sp³-hybridized carbons (Fsp3) is 0.333. The molecule has 0 spiro atoms. The predicted octanol–water partition coefficient (Wildman–Crippen LogP) is 2.09. The van der Waals surface area contributed by atoms with E-state index in [0.29, 0.717) is 17.9 Å². The van der Waals surface area contributed by atoms with Crippen molar-refractivity contribution >= 4 is 12.2 Å². The molecule has 0 aliphatic carbocycles. The van der Waals surface area contributed by atoms with Crippen molar-refractivity contribution in [3.8, 4) is 11.5 Å². The number of nitrogens with zero attached hydrogens (tertiary/aromatic N) is 2. The van der Waals surface area contributed by atoms with Crippen molar-refractivity contribution in [2.45, 2.75) is 13.5 Å². The molecule has 7 heteroatoms. The number of hydrogen-bond acceptors (Lipinski definition) is 5. The highest BCUT2D eigenvalue weighted by atomic mass is 32.1. The van der Waals surface area contributed by atoms with Gasteiger partial charge in [0.2, 0.25) is 4.77 Å². The van der Waals surface area contributed by atoms with E-state index in [0.717, 1.165) is 17.1 Å². The van der Waals surface area contributed by atoms with Gasteiger partial charge in [-0.3, -0.25) is 5.10 Å². The van der Waals surface area contributed by atoms with Gasteiger partial charge in [0.15, 0.2) is 11.5 Å². The van der Waals surface area contributed by atoms with Crippen LogP contribution in [0.25, 0.3) is 0 Å². The van der Waals surface area contributed by atoms with E-state index in [1.54, 1.807) is 18.1 Å². The second kappa shape index (κ2) is 6.24. The molecule has 6 nitrogen and oxygen atoms in total. The van der Waals surface area contributed by atoms with Crippen LogP contribution >= 0.6 is 12.2 Å². The molecule has 0 fully saturated rings. The maximum Gasteiger partial charge on any atom is 0.214 e. The molecule has 0 unspecified atom stereocenters. The molecule has 0 amide bonds. The fourth-order valence-corrected chi connectivity index (χ4v) is 1.86. The maximum atomic E-state index is 5.64. The Balaban J connectivity index is 2.19. The van der Waals surface area contributed by atoms with E-state index in [2.05, 4.69) is 15.6 Å². The topological polar surface area (TPSA) is 64.1 Å². The van der Waals surface area contributed by atoms with Crippen LogP contribution in [0.2, 0.25) is 0 Å². The number of methoxy groups -OCH3 is 1.